The number of hydrogen-bond donors (Lipinski definition) is 1. The summed E-state index contributed by atoms with van der Waals surface area (Å²) in [6.45, 7) is 3.84. The maximum absolute atomic E-state index is 13.4. The topological polar surface area (TPSA) is 26.0 Å². The third-order valence-corrected chi connectivity index (χ3v) is 3.40. The second-order valence-corrected chi connectivity index (χ2v) is 4.89. The first-order chi connectivity index (χ1) is 7.00. The second-order valence-electron chi connectivity index (χ2n) is 4.89. The van der Waals surface area contributed by atoms with E-state index in [9.17, 15) is 4.39 Å². The molecule has 2 rings (SSSR count). The first-order valence-corrected chi connectivity index (χ1v) is 5.55. The van der Waals surface area contributed by atoms with Crippen molar-refractivity contribution in [3.8, 4) is 0 Å². The molecule has 1 fully saturated rings. The molecule has 1 aliphatic rings. The van der Waals surface area contributed by atoms with E-state index in [2.05, 4.69) is 0 Å². The minimum absolute atomic E-state index is 0.0633. The van der Waals surface area contributed by atoms with Crippen LogP contribution in [0.25, 0.3) is 0 Å². The third kappa shape index (κ3) is 2.37. The van der Waals surface area contributed by atoms with Crippen molar-refractivity contribution < 1.29 is 4.39 Å². The average molecular weight is 207 g/mol. The molecule has 0 heterocycles. The minimum atomic E-state index is -0.0996. The molecule has 0 aliphatic heterocycles. The Balaban J connectivity index is 2.10. The van der Waals surface area contributed by atoms with Gasteiger partial charge in [0, 0.05) is 5.54 Å². The van der Waals surface area contributed by atoms with Crippen molar-refractivity contribution in [3.63, 3.8) is 0 Å². The van der Waals surface area contributed by atoms with Crippen LogP contribution in [0.5, 0.6) is 0 Å². The van der Waals surface area contributed by atoms with E-state index in [0.717, 1.165) is 36.8 Å². The lowest BCUT2D eigenvalue weighted by atomic mass is 9.98. The lowest BCUT2D eigenvalue weighted by Gasteiger charge is -2.11. The number of nitrogens with two attached hydrogens (primary N) is 1. The zero-order valence-corrected chi connectivity index (χ0v) is 9.44. The largest absolute Gasteiger partial charge is 0.325 e. The van der Waals surface area contributed by atoms with Gasteiger partial charge < -0.3 is 5.73 Å². The van der Waals surface area contributed by atoms with Crippen molar-refractivity contribution in [2.24, 2.45) is 5.73 Å². The fourth-order valence-electron chi connectivity index (χ4n) is 1.93. The third-order valence-electron chi connectivity index (χ3n) is 3.40. The molecule has 0 amide bonds. The SMILES string of the molecule is Cc1cc(C)c(CCC2(N)CC2)cc1F. The average Bonchev–Trinajstić information content (AvgIpc) is 2.89. The molecule has 0 spiro atoms. The molecule has 0 saturated heterocycles. The fourth-order valence-corrected chi connectivity index (χ4v) is 1.93. The van der Waals surface area contributed by atoms with Gasteiger partial charge in [-0.25, -0.2) is 4.39 Å². The Kier molecular flexibility index (Phi) is 2.55. The van der Waals surface area contributed by atoms with E-state index >= 15 is 0 Å². The number of benzene rings is 1. The molecule has 0 aromatic heterocycles. The highest BCUT2D eigenvalue weighted by Crippen LogP contribution is 2.36. The van der Waals surface area contributed by atoms with Crippen LogP contribution in [0, 0.1) is 19.7 Å². The monoisotopic (exact) mass is 207 g/mol. The maximum atomic E-state index is 13.4. The fraction of sp³-hybridized carbons (Fsp3) is 0.538. The maximum Gasteiger partial charge on any atom is 0.126 e. The highest BCUT2D eigenvalue weighted by molar-refractivity contribution is 5.32. The second kappa shape index (κ2) is 3.60. The number of rotatable bonds is 3. The lowest BCUT2D eigenvalue weighted by molar-refractivity contribution is 0.594. The van der Waals surface area contributed by atoms with Crippen LogP contribution in [0.3, 0.4) is 0 Å². The summed E-state index contributed by atoms with van der Waals surface area (Å²) in [5.74, 6) is -0.0996. The molecule has 2 N–H and O–H groups in total. The Bertz CT molecular complexity index is 380. The van der Waals surface area contributed by atoms with Gasteiger partial charge >= 0.3 is 0 Å². The van der Waals surface area contributed by atoms with E-state index in [0.29, 0.717) is 0 Å². The summed E-state index contributed by atoms with van der Waals surface area (Å²) in [4.78, 5) is 0. The van der Waals surface area contributed by atoms with E-state index < -0.39 is 0 Å². The summed E-state index contributed by atoms with van der Waals surface area (Å²) in [6.07, 6.45) is 4.14. The van der Waals surface area contributed by atoms with Crippen LogP contribution in [0.1, 0.15) is 36.0 Å². The molecule has 1 aliphatic carbocycles. The van der Waals surface area contributed by atoms with Crippen LogP contribution in [0.4, 0.5) is 4.39 Å². The van der Waals surface area contributed by atoms with Crippen molar-refractivity contribution in [2.75, 3.05) is 0 Å². The van der Waals surface area contributed by atoms with E-state index in [-0.39, 0.29) is 11.4 Å². The molecule has 82 valence electrons. The van der Waals surface area contributed by atoms with Crippen molar-refractivity contribution >= 4 is 0 Å². The Morgan fingerprint density at radius 2 is 1.93 bits per heavy atom. The van der Waals surface area contributed by atoms with E-state index in [4.69, 9.17) is 5.73 Å². The molecule has 2 heteroatoms. The molecule has 0 bridgehead atoms. The van der Waals surface area contributed by atoms with Crippen molar-refractivity contribution in [2.45, 2.75) is 45.1 Å². The molecule has 0 atom stereocenters. The van der Waals surface area contributed by atoms with Crippen molar-refractivity contribution in [1.82, 2.24) is 0 Å². The van der Waals surface area contributed by atoms with Crippen LogP contribution in [0.15, 0.2) is 12.1 Å². The Morgan fingerprint density at radius 1 is 1.27 bits per heavy atom. The normalized spacial score (nSPS) is 17.9. The van der Waals surface area contributed by atoms with E-state index in [1.807, 2.05) is 13.0 Å². The molecule has 1 nitrogen and oxygen atoms in total. The summed E-state index contributed by atoms with van der Waals surface area (Å²) < 4.78 is 13.4. The summed E-state index contributed by atoms with van der Waals surface area (Å²) in [7, 11) is 0. The van der Waals surface area contributed by atoms with Gasteiger partial charge in [0.15, 0.2) is 0 Å². The number of halogens is 1. The van der Waals surface area contributed by atoms with Crippen LogP contribution in [-0.4, -0.2) is 5.54 Å². The highest BCUT2D eigenvalue weighted by Gasteiger charge is 2.37. The van der Waals surface area contributed by atoms with Gasteiger partial charge in [-0.3, -0.25) is 0 Å². The summed E-state index contributed by atoms with van der Waals surface area (Å²) >= 11 is 0. The first kappa shape index (κ1) is 10.6. The van der Waals surface area contributed by atoms with Crippen LogP contribution >= 0.6 is 0 Å². The standard InChI is InChI=1S/C13H18FN/c1-9-7-10(2)12(14)8-11(9)3-4-13(15)5-6-13/h7-8H,3-6,15H2,1-2H3. The molecule has 1 saturated carbocycles. The Labute approximate surface area is 90.5 Å². The van der Waals surface area contributed by atoms with Crippen molar-refractivity contribution in [3.05, 3.63) is 34.6 Å². The number of aryl methyl sites for hydroxylation is 3. The molecule has 1 aromatic rings. The quantitative estimate of drug-likeness (QED) is 0.810. The smallest absolute Gasteiger partial charge is 0.126 e. The first-order valence-electron chi connectivity index (χ1n) is 5.55. The molecule has 0 radical (unpaired) electrons. The predicted molar refractivity (Wildman–Crippen MR) is 60.3 cm³/mol. The van der Waals surface area contributed by atoms with Gasteiger partial charge in [0.2, 0.25) is 0 Å². The zero-order chi connectivity index (χ0) is 11.1. The van der Waals surface area contributed by atoms with Gasteiger partial charge in [0.1, 0.15) is 5.82 Å². The van der Waals surface area contributed by atoms with Crippen LogP contribution in [-0.2, 0) is 6.42 Å². The van der Waals surface area contributed by atoms with Crippen LogP contribution < -0.4 is 5.73 Å². The minimum Gasteiger partial charge on any atom is -0.325 e. The van der Waals surface area contributed by atoms with Gasteiger partial charge in [0.05, 0.1) is 0 Å². The van der Waals surface area contributed by atoms with Gasteiger partial charge in [0.25, 0.3) is 0 Å². The van der Waals surface area contributed by atoms with Crippen LogP contribution in [0.2, 0.25) is 0 Å². The van der Waals surface area contributed by atoms with E-state index in [1.54, 1.807) is 13.0 Å². The summed E-state index contributed by atoms with van der Waals surface area (Å²) in [6, 6.07) is 3.58. The van der Waals surface area contributed by atoms with Gasteiger partial charge in [-0.2, -0.15) is 0 Å². The molecule has 1 aromatic carbocycles. The molecular weight excluding hydrogens is 189 g/mol. The van der Waals surface area contributed by atoms with Gasteiger partial charge in [-0.05, 0) is 62.3 Å². The molecule has 15 heavy (non-hydrogen) atoms. The summed E-state index contributed by atoms with van der Waals surface area (Å²) in [5, 5.41) is 0. The Morgan fingerprint density at radius 3 is 2.53 bits per heavy atom. The lowest BCUT2D eigenvalue weighted by Crippen LogP contribution is -2.22. The van der Waals surface area contributed by atoms with Crippen molar-refractivity contribution in [1.29, 1.82) is 0 Å². The Hall–Kier alpha value is -0.890. The van der Waals surface area contributed by atoms with Gasteiger partial charge in [-0.1, -0.05) is 6.07 Å². The van der Waals surface area contributed by atoms with Gasteiger partial charge in [-0.15, -0.1) is 0 Å². The molecular formula is C13H18FN. The van der Waals surface area contributed by atoms with E-state index in [1.165, 1.54) is 5.56 Å². The predicted octanol–water partition coefficient (Wildman–Crippen LogP) is 2.87. The zero-order valence-electron chi connectivity index (χ0n) is 9.44. The summed E-state index contributed by atoms with van der Waals surface area (Å²) in [5.41, 5.74) is 9.09. The number of hydrogen-bond acceptors (Lipinski definition) is 1. The molecule has 0 unspecified atom stereocenters. The highest BCUT2D eigenvalue weighted by atomic mass is 19.1.